The first-order valence-electron chi connectivity index (χ1n) is 13.2. The van der Waals surface area contributed by atoms with Crippen molar-refractivity contribution in [2.75, 3.05) is 25.5 Å². The second-order valence-electron chi connectivity index (χ2n) is 10.3. The van der Waals surface area contributed by atoms with Gasteiger partial charge in [-0.15, -0.1) is 0 Å². The number of carboxylic acids is 1. The van der Waals surface area contributed by atoms with Gasteiger partial charge in [0.25, 0.3) is 5.88 Å². The average molecular weight is 581 g/mol. The molecule has 1 saturated carbocycles. The number of halogens is 2. The van der Waals surface area contributed by atoms with Gasteiger partial charge in [0.15, 0.2) is 17.3 Å². The molecule has 42 heavy (non-hydrogen) atoms. The lowest BCUT2D eigenvalue weighted by Crippen LogP contribution is -2.38. The molecular formula is C29H30F2N6O5. The van der Waals surface area contributed by atoms with E-state index in [1.807, 2.05) is 23.9 Å². The Kier molecular flexibility index (Phi) is 7.94. The molecule has 1 aliphatic heterocycles. The number of phenolic OH excluding ortho intramolecular Hbond substituents is 1. The minimum Gasteiger partial charge on any atom is -0.504 e. The summed E-state index contributed by atoms with van der Waals surface area (Å²) in [4.78, 5) is 23.8. The van der Waals surface area contributed by atoms with Gasteiger partial charge in [-0.1, -0.05) is 6.42 Å². The molecule has 1 fully saturated rings. The summed E-state index contributed by atoms with van der Waals surface area (Å²) >= 11 is 0. The van der Waals surface area contributed by atoms with Crippen LogP contribution in [0.4, 0.5) is 14.5 Å². The lowest BCUT2D eigenvalue weighted by molar-refractivity contribution is -0.141. The smallest absolute Gasteiger partial charge is 0.308 e. The van der Waals surface area contributed by atoms with Crippen LogP contribution in [0.3, 0.4) is 0 Å². The summed E-state index contributed by atoms with van der Waals surface area (Å²) in [6, 6.07) is 8.68. The first-order valence-corrected chi connectivity index (χ1v) is 13.2. The molecule has 11 nitrogen and oxygen atoms in total. The fourth-order valence-electron chi connectivity index (χ4n) is 5.32. The molecule has 3 atom stereocenters. The summed E-state index contributed by atoms with van der Waals surface area (Å²) in [5.74, 6) is -5.93. The maximum absolute atomic E-state index is 15.6. The summed E-state index contributed by atoms with van der Waals surface area (Å²) < 4.78 is 41.8. The van der Waals surface area contributed by atoms with Crippen LogP contribution in [0.15, 0.2) is 47.6 Å². The molecule has 5 N–H and O–H groups in total. The fourth-order valence-corrected chi connectivity index (χ4v) is 5.32. The first-order chi connectivity index (χ1) is 20.0. The number of pyridine rings is 1. The summed E-state index contributed by atoms with van der Waals surface area (Å²) in [5.41, 5.74) is 6.94. The number of phenols is 1. The Labute approximate surface area is 240 Å². The monoisotopic (exact) mass is 580 g/mol. The number of nitrogen functional groups attached to an aromatic ring is 1. The summed E-state index contributed by atoms with van der Waals surface area (Å²) in [6.07, 6.45) is 4.07. The zero-order valence-corrected chi connectivity index (χ0v) is 22.9. The molecule has 5 rings (SSSR count). The number of ether oxygens (including phenoxy) is 2. The largest absolute Gasteiger partial charge is 0.504 e. The Morgan fingerprint density at radius 2 is 1.95 bits per heavy atom. The molecule has 220 valence electrons. The quantitative estimate of drug-likeness (QED) is 0.209. The third-order valence-electron chi connectivity index (χ3n) is 7.60. The molecule has 3 aromatic rings. The third kappa shape index (κ3) is 5.55. The van der Waals surface area contributed by atoms with Crippen LogP contribution in [-0.2, 0) is 4.79 Å². The standard InChI is InChI=1S/C29H30F2N6O5/c1-36-11-10-34-27(36)18-13-16(37(2)20-5-3-4-17(20)29(39)40)7-9-22(18)41-25-19(30)14-35-28(24(25)31)42-23-12-15(26(32)33)6-8-21(23)38/h6-10,12-14,17,20,27,38H,3-5,11H2,1-2H3,(H3,32,33)(H,39,40). The number of nitrogens with two attached hydrogens (primary N) is 1. The number of aromatic hydroxyl groups is 1. The highest BCUT2D eigenvalue weighted by atomic mass is 19.1. The molecule has 0 bridgehead atoms. The third-order valence-corrected chi connectivity index (χ3v) is 7.60. The van der Waals surface area contributed by atoms with Crippen molar-refractivity contribution in [3.8, 4) is 28.9 Å². The number of carboxylic acid groups (broad SMARTS) is 1. The van der Waals surface area contributed by atoms with Crippen LogP contribution >= 0.6 is 0 Å². The number of anilines is 1. The van der Waals surface area contributed by atoms with Crippen LogP contribution in [0, 0.1) is 23.0 Å². The van der Waals surface area contributed by atoms with Crippen molar-refractivity contribution in [2.45, 2.75) is 31.5 Å². The molecule has 3 unspecified atom stereocenters. The number of aliphatic carboxylic acids is 1. The van der Waals surface area contributed by atoms with Gasteiger partial charge < -0.3 is 30.3 Å². The van der Waals surface area contributed by atoms with E-state index >= 15 is 4.39 Å². The number of benzene rings is 2. The molecule has 0 amide bonds. The van der Waals surface area contributed by atoms with Crippen molar-refractivity contribution in [3.05, 3.63) is 65.4 Å². The van der Waals surface area contributed by atoms with Crippen LogP contribution in [0.5, 0.6) is 28.9 Å². The van der Waals surface area contributed by atoms with Gasteiger partial charge in [-0.05, 0) is 56.3 Å². The highest BCUT2D eigenvalue weighted by molar-refractivity contribution is 5.95. The molecule has 0 saturated heterocycles. The molecule has 0 radical (unpaired) electrons. The molecule has 0 spiro atoms. The van der Waals surface area contributed by atoms with Crippen molar-refractivity contribution in [1.29, 1.82) is 5.41 Å². The van der Waals surface area contributed by atoms with Gasteiger partial charge in [0, 0.05) is 42.7 Å². The number of hydrogen-bond donors (Lipinski definition) is 4. The van der Waals surface area contributed by atoms with Crippen molar-refractivity contribution in [1.82, 2.24) is 9.88 Å². The number of rotatable bonds is 9. The van der Waals surface area contributed by atoms with Gasteiger partial charge in [0.2, 0.25) is 11.6 Å². The van der Waals surface area contributed by atoms with E-state index in [1.54, 1.807) is 24.4 Å². The van der Waals surface area contributed by atoms with Gasteiger partial charge in [-0.2, -0.15) is 4.39 Å². The van der Waals surface area contributed by atoms with Crippen molar-refractivity contribution < 1.29 is 33.3 Å². The van der Waals surface area contributed by atoms with Crippen LogP contribution in [-0.4, -0.2) is 64.8 Å². The predicted molar refractivity (Wildman–Crippen MR) is 151 cm³/mol. The molecule has 1 aromatic heterocycles. The summed E-state index contributed by atoms with van der Waals surface area (Å²) in [6.45, 7) is 0.548. The summed E-state index contributed by atoms with van der Waals surface area (Å²) in [7, 11) is 3.67. The Bertz CT molecular complexity index is 1570. The van der Waals surface area contributed by atoms with Crippen LogP contribution < -0.4 is 20.1 Å². The Balaban J connectivity index is 1.50. The maximum atomic E-state index is 15.6. The van der Waals surface area contributed by atoms with Gasteiger partial charge in [-0.25, -0.2) is 9.37 Å². The maximum Gasteiger partial charge on any atom is 0.308 e. The number of carbonyl (C=O) groups is 1. The number of nitrogens with zero attached hydrogens (tertiary/aromatic N) is 4. The number of aliphatic imine (C=N–C) groups is 1. The number of amidine groups is 1. The lowest BCUT2D eigenvalue weighted by Gasteiger charge is -2.31. The Hall–Kier alpha value is -4.78. The second-order valence-corrected chi connectivity index (χ2v) is 10.3. The lowest BCUT2D eigenvalue weighted by atomic mass is 10.0. The molecule has 2 aliphatic rings. The molecular weight excluding hydrogens is 550 g/mol. The zero-order chi connectivity index (χ0) is 30.1. The summed E-state index contributed by atoms with van der Waals surface area (Å²) in [5, 5.41) is 27.4. The van der Waals surface area contributed by atoms with Gasteiger partial charge in [-0.3, -0.25) is 20.1 Å². The van der Waals surface area contributed by atoms with E-state index in [-0.39, 0.29) is 34.7 Å². The average Bonchev–Trinajstić information content (AvgIpc) is 3.62. The topological polar surface area (TPSA) is 158 Å². The highest BCUT2D eigenvalue weighted by Gasteiger charge is 2.36. The second kappa shape index (κ2) is 11.6. The van der Waals surface area contributed by atoms with Gasteiger partial charge in [0.05, 0.1) is 12.1 Å². The minimum atomic E-state index is -1.26. The van der Waals surface area contributed by atoms with E-state index < -0.39 is 41.3 Å². The van der Waals surface area contributed by atoms with Crippen molar-refractivity contribution >= 4 is 23.7 Å². The van der Waals surface area contributed by atoms with Crippen LogP contribution in [0.25, 0.3) is 0 Å². The van der Waals surface area contributed by atoms with Gasteiger partial charge >= 0.3 is 5.97 Å². The van der Waals surface area contributed by atoms with Crippen LogP contribution in [0.1, 0.15) is 36.6 Å². The molecule has 13 heteroatoms. The van der Waals surface area contributed by atoms with Crippen molar-refractivity contribution in [2.24, 2.45) is 16.6 Å². The molecule has 2 heterocycles. The normalized spacial score (nSPS) is 20.0. The first kappa shape index (κ1) is 28.7. The van der Waals surface area contributed by atoms with E-state index in [9.17, 15) is 19.4 Å². The van der Waals surface area contributed by atoms with Crippen molar-refractivity contribution in [3.63, 3.8) is 0 Å². The SMILES string of the molecule is CN1CC=NC1c1cc(N(C)C2CCCC2C(=O)O)ccc1Oc1c(F)cnc(Oc2cc(C(=N)N)ccc2O)c1F. The fraction of sp³-hybridized carbons (Fsp3) is 0.310. The van der Waals surface area contributed by atoms with Gasteiger partial charge in [0.1, 0.15) is 17.8 Å². The number of hydrogen-bond acceptors (Lipinski definition) is 9. The van der Waals surface area contributed by atoms with Crippen LogP contribution in [0.2, 0.25) is 0 Å². The van der Waals surface area contributed by atoms with E-state index in [2.05, 4.69) is 9.98 Å². The predicted octanol–water partition coefficient (Wildman–Crippen LogP) is 4.64. The van der Waals surface area contributed by atoms with E-state index in [0.29, 0.717) is 24.2 Å². The Morgan fingerprint density at radius 3 is 2.64 bits per heavy atom. The van der Waals surface area contributed by atoms with E-state index in [0.717, 1.165) is 19.0 Å². The zero-order valence-electron chi connectivity index (χ0n) is 22.9. The number of aromatic nitrogens is 1. The number of nitrogens with one attached hydrogen (secondary N) is 1. The van der Waals surface area contributed by atoms with E-state index in [4.69, 9.17) is 20.6 Å². The van der Waals surface area contributed by atoms with E-state index in [1.165, 1.54) is 18.2 Å². The highest BCUT2D eigenvalue weighted by Crippen LogP contribution is 2.42. The molecule has 1 aliphatic carbocycles. The molecule has 2 aromatic carbocycles. The Morgan fingerprint density at radius 1 is 1.17 bits per heavy atom. The minimum absolute atomic E-state index is 0.126.